The van der Waals surface area contributed by atoms with Crippen molar-refractivity contribution in [2.24, 2.45) is 7.05 Å². The van der Waals surface area contributed by atoms with Crippen molar-refractivity contribution in [1.82, 2.24) is 9.55 Å². The quantitative estimate of drug-likeness (QED) is 0.913. The molecule has 2 aromatic rings. The number of anilines is 1. The molecule has 5 nitrogen and oxygen atoms in total. The van der Waals surface area contributed by atoms with E-state index in [1.54, 1.807) is 20.0 Å². The van der Waals surface area contributed by atoms with Crippen LogP contribution in [0.5, 0.6) is 0 Å². The van der Waals surface area contributed by atoms with Crippen LogP contribution in [0.3, 0.4) is 0 Å². The molecule has 98 valence electrons. The average Bonchev–Trinajstić information content (AvgIpc) is 2.33. The summed E-state index contributed by atoms with van der Waals surface area (Å²) in [6, 6.07) is 4.54. The molecular weight excluding hydrogens is 266 g/mol. The summed E-state index contributed by atoms with van der Waals surface area (Å²) in [6.07, 6.45) is 2.96. The highest BCUT2D eigenvalue weighted by Crippen LogP contribution is 2.17. The van der Waals surface area contributed by atoms with Gasteiger partial charge in [-0.1, -0.05) is 11.6 Å². The van der Waals surface area contributed by atoms with Crippen LogP contribution in [-0.4, -0.2) is 15.5 Å². The van der Waals surface area contributed by atoms with Gasteiger partial charge in [0.15, 0.2) is 0 Å². The number of hydrogen-bond donors (Lipinski definition) is 1. The van der Waals surface area contributed by atoms with Gasteiger partial charge in [-0.15, -0.1) is 0 Å². The number of carbonyl (C=O) groups is 1. The lowest BCUT2D eigenvalue weighted by molar-refractivity contribution is 0.102. The van der Waals surface area contributed by atoms with E-state index < -0.39 is 0 Å². The Morgan fingerprint density at radius 2 is 2.16 bits per heavy atom. The van der Waals surface area contributed by atoms with Gasteiger partial charge < -0.3 is 9.88 Å². The number of amides is 1. The number of pyridine rings is 2. The first-order valence-electron chi connectivity index (χ1n) is 5.57. The van der Waals surface area contributed by atoms with Crippen LogP contribution in [0.4, 0.5) is 5.69 Å². The summed E-state index contributed by atoms with van der Waals surface area (Å²) in [6.45, 7) is 1.79. The third kappa shape index (κ3) is 3.00. The maximum absolute atomic E-state index is 12.0. The molecular formula is C13H12ClN3O2. The van der Waals surface area contributed by atoms with Gasteiger partial charge in [0.1, 0.15) is 0 Å². The highest BCUT2D eigenvalue weighted by Gasteiger charge is 2.11. The van der Waals surface area contributed by atoms with Crippen LogP contribution in [-0.2, 0) is 7.05 Å². The van der Waals surface area contributed by atoms with Gasteiger partial charge >= 0.3 is 0 Å². The molecule has 0 atom stereocenters. The van der Waals surface area contributed by atoms with Gasteiger partial charge in [0.05, 0.1) is 16.3 Å². The smallest absolute Gasteiger partial charge is 0.258 e. The predicted octanol–water partition coefficient (Wildman–Crippen LogP) is 1.99. The molecule has 19 heavy (non-hydrogen) atoms. The summed E-state index contributed by atoms with van der Waals surface area (Å²) in [5.41, 5.74) is 1.40. The van der Waals surface area contributed by atoms with Crippen LogP contribution in [0.2, 0.25) is 5.02 Å². The third-order valence-electron chi connectivity index (χ3n) is 2.58. The monoisotopic (exact) mass is 277 g/mol. The Labute approximate surface area is 114 Å². The van der Waals surface area contributed by atoms with E-state index in [1.165, 1.54) is 29.1 Å². The molecule has 1 N–H and O–H groups in total. The van der Waals surface area contributed by atoms with Gasteiger partial charge in [-0.2, -0.15) is 0 Å². The average molecular weight is 278 g/mol. The van der Waals surface area contributed by atoms with Gasteiger partial charge in [-0.25, -0.2) is 0 Å². The molecule has 0 aliphatic rings. The van der Waals surface area contributed by atoms with E-state index in [9.17, 15) is 9.59 Å². The van der Waals surface area contributed by atoms with Gasteiger partial charge in [-0.3, -0.25) is 14.6 Å². The first-order valence-corrected chi connectivity index (χ1v) is 5.95. The molecule has 2 aromatic heterocycles. The third-order valence-corrected chi connectivity index (χ3v) is 2.89. The van der Waals surface area contributed by atoms with E-state index in [-0.39, 0.29) is 11.5 Å². The van der Waals surface area contributed by atoms with Crippen LogP contribution in [0.1, 0.15) is 16.1 Å². The molecule has 0 aliphatic carbocycles. The lowest BCUT2D eigenvalue weighted by atomic mass is 10.2. The molecule has 2 heterocycles. The molecule has 0 bridgehead atoms. The molecule has 0 saturated carbocycles. The number of aromatic nitrogens is 2. The van der Waals surface area contributed by atoms with Crippen molar-refractivity contribution in [3.8, 4) is 0 Å². The minimum Gasteiger partial charge on any atom is -0.321 e. The summed E-state index contributed by atoms with van der Waals surface area (Å²) in [7, 11) is 1.61. The summed E-state index contributed by atoms with van der Waals surface area (Å²) < 4.78 is 1.38. The van der Waals surface area contributed by atoms with Gasteiger partial charge in [-0.05, 0) is 19.1 Å². The van der Waals surface area contributed by atoms with Crippen molar-refractivity contribution in [1.29, 1.82) is 0 Å². The van der Waals surface area contributed by atoms with E-state index in [2.05, 4.69) is 10.3 Å². The van der Waals surface area contributed by atoms with E-state index in [1.807, 2.05) is 0 Å². The van der Waals surface area contributed by atoms with Gasteiger partial charge in [0.25, 0.3) is 5.91 Å². The largest absolute Gasteiger partial charge is 0.321 e. The molecule has 0 saturated heterocycles. The van der Waals surface area contributed by atoms with Crippen molar-refractivity contribution in [2.75, 3.05) is 5.32 Å². The van der Waals surface area contributed by atoms with Crippen LogP contribution in [0.15, 0.2) is 35.4 Å². The van der Waals surface area contributed by atoms with Gasteiger partial charge in [0, 0.05) is 31.2 Å². The standard InChI is InChI=1S/C13H12ClN3O2/c1-8-5-11(14)10(6-15-8)13(19)16-9-3-4-12(18)17(2)7-9/h3-7H,1-2H3,(H,16,19). The maximum atomic E-state index is 12.0. The van der Waals surface area contributed by atoms with Crippen molar-refractivity contribution in [3.05, 3.63) is 57.2 Å². The number of rotatable bonds is 2. The SMILES string of the molecule is Cc1cc(Cl)c(C(=O)Nc2ccc(=O)n(C)c2)cn1. The van der Waals surface area contributed by atoms with Crippen molar-refractivity contribution >= 4 is 23.2 Å². The molecule has 0 aromatic carbocycles. The number of aryl methyl sites for hydroxylation is 2. The zero-order chi connectivity index (χ0) is 14.0. The number of hydrogen-bond acceptors (Lipinski definition) is 3. The predicted molar refractivity (Wildman–Crippen MR) is 73.6 cm³/mol. The highest BCUT2D eigenvalue weighted by molar-refractivity contribution is 6.34. The number of carbonyl (C=O) groups excluding carboxylic acids is 1. The Kier molecular flexibility index (Phi) is 3.66. The van der Waals surface area contributed by atoms with Crippen LogP contribution < -0.4 is 10.9 Å². The maximum Gasteiger partial charge on any atom is 0.258 e. The minimum atomic E-state index is -0.365. The number of nitrogens with one attached hydrogen (secondary N) is 1. The van der Waals surface area contributed by atoms with Crippen molar-refractivity contribution in [2.45, 2.75) is 6.92 Å². The number of nitrogens with zero attached hydrogens (tertiary/aromatic N) is 2. The highest BCUT2D eigenvalue weighted by atomic mass is 35.5. The fourth-order valence-corrected chi connectivity index (χ4v) is 1.85. The Bertz CT molecular complexity index is 695. The Balaban J connectivity index is 2.25. The van der Waals surface area contributed by atoms with E-state index in [0.29, 0.717) is 16.3 Å². The summed E-state index contributed by atoms with van der Waals surface area (Å²) in [4.78, 5) is 27.3. The second kappa shape index (κ2) is 5.24. The molecule has 0 fully saturated rings. The zero-order valence-electron chi connectivity index (χ0n) is 10.5. The van der Waals surface area contributed by atoms with E-state index >= 15 is 0 Å². The first-order chi connectivity index (χ1) is 8.97. The topological polar surface area (TPSA) is 64.0 Å². The summed E-state index contributed by atoms with van der Waals surface area (Å²) in [5, 5.41) is 3.01. The van der Waals surface area contributed by atoms with Crippen molar-refractivity contribution < 1.29 is 4.79 Å². The second-order valence-electron chi connectivity index (χ2n) is 4.13. The minimum absolute atomic E-state index is 0.145. The zero-order valence-corrected chi connectivity index (χ0v) is 11.2. The molecule has 0 spiro atoms. The van der Waals surface area contributed by atoms with Crippen LogP contribution >= 0.6 is 11.6 Å². The Morgan fingerprint density at radius 1 is 1.42 bits per heavy atom. The van der Waals surface area contributed by atoms with E-state index in [0.717, 1.165) is 5.69 Å². The van der Waals surface area contributed by atoms with Crippen molar-refractivity contribution in [3.63, 3.8) is 0 Å². The lowest BCUT2D eigenvalue weighted by Gasteiger charge is -2.07. The summed E-state index contributed by atoms with van der Waals surface area (Å²) >= 11 is 5.99. The van der Waals surface area contributed by atoms with Crippen LogP contribution in [0.25, 0.3) is 0 Å². The molecule has 0 radical (unpaired) electrons. The molecule has 2 rings (SSSR count). The molecule has 0 unspecified atom stereocenters. The first kappa shape index (κ1) is 13.3. The Morgan fingerprint density at radius 3 is 2.79 bits per heavy atom. The molecule has 6 heteroatoms. The fourth-order valence-electron chi connectivity index (χ4n) is 1.56. The number of halogens is 1. The molecule has 0 aliphatic heterocycles. The normalized spacial score (nSPS) is 10.3. The van der Waals surface area contributed by atoms with E-state index in [4.69, 9.17) is 11.6 Å². The second-order valence-corrected chi connectivity index (χ2v) is 4.53. The summed E-state index contributed by atoms with van der Waals surface area (Å²) in [5.74, 6) is -0.365. The Hall–Kier alpha value is -2.14. The van der Waals surface area contributed by atoms with Gasteiger partial charge in [0.2, 0.25) is 5.56 Å². The lowest BCUT2D eigenvalue weighted by Crippen LogP contribution is -2.18. The fraction of sp³-hybridized carbons (Fsp3) is 0.154. The molecule has 1 amide bonds. The van der Waals surface area contributed by atoms with Crippen LogP contribution in [0, 0.1) is 6.92 Å².